The van der Waals surface area contributed by atoms with E-state index >= 15 is 0 Å². The maximum absolute atomic E-state index is 12.6. The fourth-order valence-electron chi connectivity index (χ4n) is 3.02. The Morgan fingerprint density at radius 2 is 2.03 bits per heavy atom. The van der Waals surface area contributed by atoms with E-state index < -0.39 is 17.1 Å². The first-order chi connectivity index (χ1) is 13.9. The Balaban J connectivity index is 1.68. The predicted molar refractivity (Wildman–Crippen MR) is 106 cm³/mol. The van der Waals surface area contributed by atoms with Gasteiger partial charge in [-0.2, -0.15) is 0 Å². The fraction of sp³-hybridized carbons (Fsp3) is 0.421. The third kappa shape index (κ3) is 4.83. The molecule has 1 atom stereocenters. The quantitative estimate of drug-likeness (QED) is 0.639. The van der Waals surface area contributed by atoms with Crippen molar-refractivity contribution in [1.29, 1.82) is 0 Å². The number of methoxy groups -OCH3 is 2. The van der Waals surface area contributed by atoms with Crippen LogP contribution in [0.1, 0.15) is 18.4 Å². The Morgan fingerprint density at radius 1 is 1.34 bits per heavy atom. The van der Waals surface area contributed by atoms with Crippen LogP contribution in [0.4, 0.5) is 4.79 Å². The lowest BCUT2D eigenvalue weighted by Gasteiger charge is -2.14. The zero-order valence-electron chi connectivity index (χ0n) is 16.1. The van der Waals surface area contributed by atoms with Crippen molar-refractivity contribution in [2.75, 3.05) is 33.9 Å². The zero-order chi connectivity index (χ0) is 21.0. The average Bonchev–Trinajstić information content (AvgIpc) is 3.31. The number of benzene rings is 1. The Hall–Kier alpha value is -2.72. The summed E-state index contributed by atoms with van der Waals surface area (Å²) in [6.07, 6.45) is 3.30. The van der Waals surface area contributed by atoms with Crippen molar-refractivity contribution < 1.29 is 33.7 Å². The van der Waals surface area contributed by atoms with Crippen LogP contribution < -0.4 is 14.8 Å². The number of carbonyl (C=O) groups is 3. The molecule has 0 radical (unpaired) electrons. The SMILES string of the molecule is COc1cc(/C=C2\SC(=O)N(CC(=O)NC[C@H]3CCCO3)C2=O)cc(OC)c1O. The van der Waals surface area contributed by atoms with Crippen LogP contribution in [0, 0.1) is 0 Å². The summed E-state index contributed by atoms with van der Waals surface area (Å²) in [7, 11) is 2.78. The number of phenols is 1. The second kappa shape index (κ2) is 9.19. The van der Waals surface area contributed by atoms with E-state index in [0.717, 1.165) is 29.5 Å². The van der Waals surface area contributed by atoms with Crippen molar-refractivity contribution in [3.05, 3.63) is 22.6 Å². The van der Waals surface area contributed by atoms with E-state index in [2.05, 4.69) is 5.32 Å². The van der Waals surface area contributed by atoms with Crippen molar-refractivity contribution in [3.8, 4) is 17.2 Å². The number of nitrogens with one attached hydrogen (secondary N) is 1. The minimum Gasteiger partial charge on any atom is -0.502 e. The Labute approximate surface area is 172 Å². The van der Waals surface area contributed by atoms with Crippen LogP contribution in [-0.2, 0) is 14.3 Å². The molecule has 0 spiro atoms. The van der Waals surface area contributed by atoms with Crippen molar-refractivity contribution in [3.63, 3.8) is 0 Å². The highest BCUT2D eigenvalue weighted by atomic mass is 32.2. The van der Waals surface area contributed by atoms with Crippen LogP contribution in [0.3, 0.4) is 0 Å². The first-order valence-electron chi connectivity index (χ1n) is 9.01. The van der Waals surface area contributed by atoms with E-state index in [1.807, 2.05) is 0 Å². The number of imide groups is 1. The predicted octanol–water partition coefficient (Wildman–Crippen LogP) is 1.74. The van der Waals surface area contributed by atoms with Gasteiger partial charge in [0.25, 0.3) is 11.1 Å². The average molecular weight is 422 g/mol. The Bertz CT molecular complexity index is 824. The molecule has 0 bridgehead atoms. The molecule has 0 saturated carbocycles. The molecule has 2 aliphatic heterocycles. The molecule has 2 saturated heterocycles. The monoisotopic (exact) mass is 422 g/mol. The van der Waals surface area contributed by atoms with Crippen LogP contribution in [0.25, 0.3) is 6.08 Å². The van der Waals surface area contributed by atoms with Crippen LogP contribution >= 0.6 is 11.8 Å². The van der Waals surface area contributed by atoms with E-state index in [1.54, 1.807) is 0 Å². The molecule has 2 N–H and O–H groups in total. The molecule has 1 aromatic carbocycles. The van der Waals surface area contributed by atoms with Crippen LogP contribution in [0.2, 0.25) is 0 Å². The summed E-state index contributed by atoms with van der Waals surface area (Å²) in [5.74, 6) is -0.801. The molecule has 0 aliphatic carbocycles. The number of carbonyl (C=O) groups excluding carboxylic acids is 3. The second-order valence-electron chi connectivity index (χ2n) is 6.48. The molecule has 10 heteroatoms. The number of amides is 3. The second-order valence-corrected chi connectivity index (χ2v) is 7.47. The van der Waals surface area contributed by atoms with Crippen LogP contribution in [0.5, 0.6) is 17.2 Å². The van der Waals surface area contributed by atoms with Gasteiger partial charge in [-0.15, -0.1) is 0 Å². The lowest BCUT2D eigenvalue weighted by molar-refractivity contribution is -0.129. The van der Waals surface area contributed by atoms with E-state index in [1.165, 1.54) is 32.4 Å². The van der Waals surface area contributed by atoms with Gasteiger partial charge < -0.3 is 24.6 Å². The third-order valence-corrected chi connectivity index (χ3v) is 5.43. The van der Waals surface area contributed by atoms with Gasteiger partial charge in [-0.05, 0) is 48.4 Å². The van der Waals surface area contributed by atoms with Crippen LogP contribution in [-0.4, -0.2) is 67.1 Å². The molecular formula is C19H22N2O7S. The number of hydrogen-bond donors (Lipinski definition) is 2. The van der Waals surface area contributed by atoms with Gasteiger partial charge in [0.1, 0.15) is 6.54 Å². The van der Waals surface area contributed by atoms with Gasteiger partial charge in [-0.1, -0.05) is 0 Å². The van der Waals surface area contributed by atoms with Gasteiger partial charge in [-0.3, -0.25) is 19.3 Å². The molecule has 2 heterocycles. The standard InChI is InChI=1S/C19H22N2O7S/c1-26-13-6-11(7-14(27-2)17(13)23)8-15-18(24)21(19(25)29-15)10-16(22)20-9-12-4-3-5-28-12/h6-8,12,23H,3-5,9-10H2,1-2H3,(H,20,22)/b15-8-/t12-/m1/s1. The minimum absolute atomic E-state index is 0.0202. The van der Waals surface area contributed by atoms with Gasteiger partial charge in [0, 0.05) is 13.2 Å². The molecule has 0 aromatic heterocycles. The highest BCUT2D eigenvalue weighted by Crippen LogP contribution is 2.39. The smallest absolute Gasteiger partial charge is 0.294 e. The number of rotatable bonds is 7. The first-order valence-corrected chi connectivity index (χ1v) is 9.83. The molecule has 2 aliphatic rings. The third-order valence-electron chi connectivity index (χ3n) is 4.53. The number of phenolic OH excluding ortho intramolecular Hbond substituents is 1. The number of aromatic hydroxyl groups is 1. The Morgan fingerprint density at radius 3 is 2.62 bits per heavy atom. The maximum atomic E-state index is 12.6. The van der Waals surface area contributed by atoms with Gasteiger partial charge in [0.2, 0.25) is 11.7 Å². The van der Waals surface area contributed by atoms with Crippen molar-refractivity contribution >= 4 is 34.9 Å². The summed E-state index contributed by atoms with van der Waals surface area (Å²) in [6.45, 7) is 0.691. The molecule has 156 valence electrons. The summed E-state index contributed by atoms with van der Waals surface area (Å²) in [5, 5.41) is 12.2. The zero-order valence-corrected chi connectivity index (χ0v) is 16.9. The van der Waals surface area contributed by atoms with Gasteiger partial charge in [-0.25, -0.2) is 0 Å². The summed E-state index contributed by atoms with van der Waals surface area (Å²) in [6, 6.07) is 3.03. The molecule has 3 rings (SSSR count). The lowest BCUT2D eigenvalue weighted by atomic mass is 10.1. The molecule has 3 amide bonds. The summed E-state index contributed by atoms with van der Waals surface area (Å²) >= 11 is 0.743. The van der Waals surface area contributed by atoms with Crippen molar-refractivity contribution in [1.82, 2.24) is 10.2 Å². The molecule has 1 aromatic rings. The van der Waals surface area contributed by atoms with Gasteiger partial charge in [0.15, 0.2) is 11.5 Å². The molecule has 0 unspecified atom stereocenters. The van der Waals surface area contributed by atoms with Crippen LogP contribution in [0.15, 0.2) is 17.0 Å². The summed E-state index contributed by atoms with van der Waals surface area (Å²) in [4.78, 5) is 38.0. The van der Waals surface area contributed by atoms with E-state index in [9.17, 15) is 19.5 Å². The van der Waals surface area contributed by atoms with E-state index in [4.69, 9.17) is 14.2 Å². The summed E-state index contributed by atoms with van der Waals surface area (Å²) in [5.41, 5.74) is 0.504. The maximum Gasteiger partial charge on any atom is 0.294 e. The number of ether oxygens (including phenoxy) is 3. The van der Waals surface area contributed by atoms with Crippen molar-refractivity contribution in [2.45, 2.75) is 18.9 Å². The van der Waals surface area contributed by atoms with E-state index in [0.29, 0.717) is 18.7 Å². The summed E-state index contributed by atoms with van der Waals surface area (Å²) < 4.78 is 15.6. The molecule has 29 heavy (non-hydrogen) atoms. The number of thioether (sulfide) groups is 1. The number of nitrogens with zero attached hydrogens (tertiary/aromatic N) is 1. The molecule has 9 nitrogen and oxygen atoms in total. The first kappa shape index (κ1) is 21.0. The lowest BCUT2D eigenvalue weighted by Crippen LogP contribution is -2.41. The highest BCUT2D eigenvalue weighted by molar-refractivity contribution is 8.18. The largest absolute Gasteiger partial charge is 0.502 e. The molecular weight excluding hydrogens is 400 g/mol. The van der Waals surface area contributed by atoms with E-state index in [-0.39, 0.29) is 34.8 Å². The minimum atomic E-state index is -0.557. The van der Waals surface area contributed by atoms with Gasteiger partial charge >= 0.3 is 0 Å². The topological polar surface area (TPSA) is 114 Å². The van der Waals surface area contributed by atoms with Crippen molar-refractivity contribution in [2.24, 2.45) is 0 Å². The fourth-order valence-corrected chi connectivity index (χ4v) is 3.86. The number of hydrogen-bond acceptors (Lipinski definition) is 8. The Kier molecular flexibility index (Phi) is 6.65. The van der Waals surface area contributed by atoms with Gasteiger partial charge in [0.05, 0.1) is 25.2 Å². The highest BCUT2D eigenvalue weighted by Gasteiger charge is 2.36. The molecule has 2 fully saturated rings. The normalized spacial score (nSPS) is 20.4.